The lowest BCUT2D eigenvalue weighted by Gasteiger charge is -2.08. The van der Waals surface area contributed by atoms with Crippen molar-refractivity contribution in [2.75, 3.05) is 28.2 Å². The lowest BCUT2D eigenvalue weighted by molar-refractivity contribution is 0.593. The lowest BCUT2D eigenvalue weighted by atomic mass is 10.4. The molecule has 3 N–H and O–H groups in total. The summed E-state index contributed by atoms with van der Waals surface area (Å²) in [6.07, 6.45) is 0.977. The van der Waals surface area contributed by atoms with Crippen molar-refractivity contribution in [2.24, 2.45) is 7.05 Å². The number of nitrogens with two attached hydrogens (primary N) is 1. The second-order valence-electron chi connectivity index (χ2n) is 4.02. The van der Waals surface area contributed by atoms with Crippen molar-refractivity contribution in [1.29, 1.82) is 0 Å². The Balaban J connectivity index is 2.90. The van der Waals surface area contributed by atoms with Crippen molar-refractivity contribution < 1.29 is 16.8 Å². The summed E-state index contributed by atoms with van der Waals surface area (Å²) in [6, 6.07) is 0. The van der Waals surface area contributed by atoms with Gasteiger partial charge in [-0.3, -0.25) is 4.72 Å². The van der Waals surface area contributed by atoms with E-state index in [1.54, 1.807) is 6.92 Å². The number of hydrogen-bond acceptors (Lipinski definition) is 6. The van der Waals surface area contributed by atoms with Crippen LogP contribution in [0.5, 0.6) is 0 Å². The minimum atomic E-state index is -3.77. The van der Waals surface area contributed by atoms with Gasteiger partial charge in [-0.2, -0.15) is 5.10 Å². The average molecular weight is 296 g/mol. The van der Waals surface area contributed by atoms with Crippen molar-refractivity contribution in [3.05, 3.63) is 5.69 Å². The molecule has 10 heteroatoms. The van der Waals surface area contributed by atoms with Gasteiger partial charge >= 0.3 is 0 Å². The van der Waals surface area contributed by atoms with Crippen LogP contribution in [-0.4, -0.2) is 44.4 Å². The Morgan fingerprint density at radius 1 is 1.28 bits per heavy atom. The topological polar surface area (TPSA) is 124 Å². The van der Waals surface area contributed by atoms with Crippen LogP contribution in [0.3, 0.4) is 0 Å². The molecule has 1 aromatic rings. The Kier molecular flexibility index (Phi) is 3.91. The number of aryl methyl sites for hydroxylation is 2. The van der Waals surface area contributed by atoms with Crippen LogP contribution < -0.4 is 10.5 Å². The number of nitrogens with one attached hydrogen (secondary N) is 1. The summed E-state index contributed by atoms with van der Waals surface area (Å²) in [5, 5.41) is 3.95. The number of nitrogens with zero attached hydrogens (tertiary/aromatic N) is 2. The fourth-order valence-corrected chi connectivity index (χ4v) is 3.98. The van der Waals surface area contributed by atoms with Crippen LogP contribution in [0.1, 0.15) is 5.69 Å². The van der Waals surface area contributed by atoms with Crippen LogP contribution in [0, 0.1) is 6.92 Å². The number of nitrogen functional groups attached to an aromatic ring is 1. The summed E-state index contributed by atoms with van der Waals surface area (Å²) in [6.45, 7) is 1.64. The number of hydrogen-bond donors (Lipinski definition) is 2. The molecule has 1 aromatic heterocycles. The van der Waals surface area contributed by atoms with Gasteiger partial charge in [0.1, 0.15) is 9.84 Å². The molecule has 0 aliphatic carbocycles. The maximum atomic E-state index is 11.7. The molecule has 0 amide bonds. The van der Waals surface area contributed by atoms with Crippen LogP contribution in [0.25, 0.3) is 0 Å². The molecule has 18 heavy (non-hydrogen) atoms. The highest BCUT2D eigenvalue weighted by Gasteiger charge is 2.19. The van der Waals surface area contributed by atoms with Crippen molar-refractivity contribution in [3.63, 3.8) is 0 Å². The van der Waals surface area contributed by atoms with Gasteiger partial charge in [-0.15, -0.1) is 0 Å². The largest absolute Gasteiger partial charge is 0.394 e. The predicted molar refractivity (Wildman–Crippen MR) is 69.5 cm³/mol. The molecule has 8 nitrogen and oxygen atoms in total. The van der Waals surface area contributed by atoms with Gasteiger partial charge in [-0.25, -0.2) is 21.5 Å². The van der Waals surface area contributed by atoms with Crippen LogP contribution in [-0.2, 0) is 26.9 Å². The molecule has 0 bridgehead atoms. The third kappa shape index (κ3) is 3.88. The minimum absolute atomic E-state index is 0.140. The Morgan fingerprint density at radius 3 is 2.22 bits per heavy atom. The molecule has 0 aliphatic rings. The van der Waals surface area contributed by atoms with Crippen LogP contribution in [0.2, 0.25) is 0 Å². The monoisotopic (exact) mass is 296 g/mol. The average Bonchev–Trinajstić information content (AvgIpc) is 2.41. The summed E-state index contributed by atoms with van der Waals surface area (Å²) >= 11 is 0. The van der Waals surface area contributed by atoms with E-state index in [2.05, 4.69) is 9.82 Å². The van der Waals surface area contributed by atoms with E-state index in [9.17, 15) is 16.8 Å². The standard InChI is InChI=1S/C8H16N4O4S2/c1-6-7(9)8(12(2)10-6)11-18(15,16)5-4-17(3,13)14/h11H,4-5,9H2,1-3H3. The highest BCUT2D eigenvalue weighted by Crippen LogP contribution is 2.21. The van der Waals surface area contributed by atoms with Gasteiger partial charge in [-0.05, 0) is 6.92 Å². The van der Waals surface area contributed by atoms with E-state index in [0.717, 1.165) is 6.26 Å². The Hall–Kier alpha value is -1.29. The van der Waals surface area contributed by atoms with Gasteiger partial charge in [-0.1, -0.05) is 0 Å². The molecule has 0 saturated carbocycles. The number of sulfone groups is 1. The van der Waals surface area contributed by atoms with Crippen LogP contribution in [0.4, 0.5) is 11.5 Å². The number of anilines is 2. The van der Waals surface area contributed by atoms with Crippen LogP contribution in [0.15, 0.2) is 0 Å². The smallest absolute Gasteiger partial charge is 0.234 e. The fourth-order valence-electron chi connectivity index (χ4n) is 1.25. The Bertz CT molecular complexity index is 645. The van der Waals surface area contributed by atoms with E-state index >= 15 is 0 Å². The predicted octanol–water partition coefficient (Wildman–Crippen LogP) is -0.903. The molecule has 0 fully saturated rings. The van der Waals surface area contributed by atoms with Crippen molar-refractivity contribution in [3.8, 4) is 0 Å². The maximum Gasteiger partial charge on any atom is 0.234 e. The maximum absolute atomic E-state index is 11.7. The zero-order valence-electron chi connectivity index (χ0n) is 10.3. The van der Waals surface area contributed by atoms with Gasteiger partial charge in [0.15, 0.2) is 5.82 Å². The molecule has 0 saturated heterocycles. The summed E-state index contributed by atoms with van der Waals surface area (Å²) in [5.74, 6) is -0.824. The molecule has 0 aliphatic heterocycles. The van der Waals surface area contributed by atoms with E-state index in [4.69, 9.17) is 5.73 Å². The van der Waals surface area contributed by atoms with Crippen LogP contribution >= 0.6 is 0 Å². The first-order chi connectivity index (χ1) is 8.02. The Labute approximate surface area is 106 Å². The molecule has 1 rings (SSSR count). The number of aromatic nitrogens is 2. The molecule has 0 aromatic carbocycles. The highest BCUT2D eigenvalue weighted by molar-refractivity contribution is 7.95. The third-order valence-electron chi connectivity index (χ3n) is 2.24. The summed E-state index contributed by atoms with van der Waals surface area (Å²) < 4.78 is 48.8. The van der Waals surface area contributed by atoms with Crippen molar-refractivity contribution in [1.82, 2.24) is 9.78 Å². The van der Waals surface area contributed by atoms with E-state index in [1.165, 1.54) is 11.7 Å². The molecule has 0 spiro atoms. The highest BCUT2D eigenvalue weighted by atomic mass is 32.2. The van der Waals surface area contributed by atoms with E-state index in [-0.39, 0.29) is 11.5 Å². The van der Waals surface area contributed by atoms with Gasteiger partial charge < -0.3 is 5.73 Å². The van der Waals surface area contributed by atoms with E-state index in [0.29, 0.717) is 5.69 Å². The first-order valence-corrected chi connectivity index (χ1v) is 8.70. The molecule has 0 radical (unpaired) electrons. The lowest BCUT2D eigenvalue weighted by Crippen LogP contribution is -2.24. The first-order valence-electron chi connectivity index (χ1n) is 4.99. The Morgan fingerprint density at radius 2 is 1.83 bits per heavy atom. The summed E-state index contributed by atoms with van der Waals surface area (Å²) in [4.78, 5) is 0. The van der Waals surface area contributed by atoms with Crippen molar-refractivity contribution >= 4 is 31.4 Å². The van der Waals surface area contributed by atoms with Gasteiger partial charge in [0.25, 0.3) is 0 Å². The third-order valence-corrected chi connectivity index (χ3v) is 4.69. The second-order valence-corrected chi connectivity index (χ2v) is 8.12. The second kappa shape index (κ2) is 4.76. The quantitative estimate of drug-likeness (QED) is 0.725. The SMILES string of the molecule is Cc1nn(C)c(NS(=O)(=O)CCS(C)(=O)=O)c1N. The molecule has 1 heterocycles. The molecular formula is C8H16N4O4S2. The molecular weight excluding hydrogens is 280 g/mol. The van der Waals surface area contributed by atoms with E-state index < -0.39 is 31.4 Å². The van der Waals surface area contributed by atoms with Crippen molar-refractivity contribution in [2.45, 2.75) is 6.92 Å². The minimum Gasteiger partial charge on any atom is -0.394 e. The fraction of sp³-hybridized carbons (Fsp3) is 0.625. The number of rotatable bonds is 5. The van der Waals surface area contributed by atoms with Gasteiger partial charge in [0.2, 0.25) is 10.0 Å². The summed E-state index contributed by atoms with van der Waals surface area (Å²) in [7, 11) is -5.57. The zero-order chi connectivity index (χ0) is 14.1. The normalized spacial score (nSPS) is 12.6. The number of sulfonamides is 1. The molecule has 0 atom stereocenters. The molecule has 104 valence electrons. The molecule has 0 unspecified atom stereocenters. The van der Waals surface area contributed by atoms with Gasteiger partial charge in [0.05, 0.1) is 22.9 Å². The zero-order valence-corrected chi connectivity index (χ0v) is 12.0. The van der Waals surface area contributed by atoms with E-state index in [1.807, 2.05) is 0 Å². The summed E-state index contributed by atoms with van der Waals surface area (Å²) in [5.41, 5.74) is 6.39. The van der Waals surface area contributed by atoms with Gasteiger partial charge in [0, 0.05) is 13.3 Å². The first kappa shape index (κ1) is 14.8.